The Bertz CT molecular complexity index is 1140. The zero-order valence-electron chi connectivity index (χ0n) is 14.6. The fourth-order valence-corrected chi connectivity index (χ4v) is 4.77. The molecule has 146 valence electrons. The van der Waals surface area contributed by atoms with E-state index in [1.807, 2.05) is 24.3 Å². The van der Waals surface area contributed by atoms with Gasteiger partial charge in [-0.2, -0.15) is 0 Å². The Hall–Kier alpha value is -3.09. The van der Waals surface area contributed by atoms with E-state index in [2.05, 4.69) is 25.8 Å². The molecule has 0 aliphatic rings. The molecule has 2 aromatic carbocycles. The van der Waals surface area contributed by atoms with E-state index >= 15 is 0 Å². The molecule has 1 amide bonds. The van der Waals surface area contributed by atoms with Crippen molar-refractivity contribution in [2.45, 2.75) is 4.34 Å². The average Bonchev–Trinajstić information content (AvgIpc) is 3.32. The summed E-state index contributed by atoms with van der Waals surface area (Å²) >= 11 is 3.99. The number of hydrogen-bond donors (Lipinski definition) is 2. The van der Waals surface area contributed by atoms with Crippen molar-refractivity contribution in [3.05, 3.63) is 58.6 Å². The summed E-state index contributed by atoms with van der Waals surface area (Å²) in [4.78, 5) is 26.8. The lowest BCUT2D eigenvalue weighted by molar-refractivity contribution is -0.384. The van der Waals surface area contributed by atoms with Gasteiger partial charge < -0.3 is 10.6 Å². The topological polar surface area (TPSA) is 123 Å². The Morgan fingerprint density at radius 3 is 2.62 bits per heavy atom. The number of thiazole rings is 1. The van der Waals surface area contributed by atoms with Crippen LogP contribution >= 0.6 is 34.4 Å². The van der Waals surface area contributed by atoms with Crippen molar-refractivity contribution in [3.8, 4) is 0 Å². The van der Waals surface area contributed by atoms with Gasteiger partial charge in [-0.25, -0.2) is 4.98 Å². The van der Waals surface area contributed by atoms with Crippen molar-refractivity contribution < 1.29 is 9.72 Å². The summed E-state index contributed by atoms with van der Waals surface area (Å²) in [6.07, 6.45) is 0. The van der Waals surface area contributed by atoms with Gasteiger partial charge in [-0.05, 0) is 24.3 Å². The zero-order chi connectivity index (χ0) is 20.2. The van der Waals surface area contributed by atoms with Crippen molar-refractivity contribution in [1.29, 1.82) is 0 Å². The molecule has 0 aliphatic carbocycles. The van der Waals surface area contributed by atoms with Crippen LogP contribution in [0.25, 0.3) is 10.2 Å². The molecule has 0 spiro atoms. The van der Waals surface area contributed by atoms with E-state index in [-0.39, 0.29) is 17.3 Å². The van der Waals surface area contributed by atoms with Crippen LogP contribution in [0, 0.1) is 10.1 Å². The van der Waals surface area contributed by atoms with E-state index in [0.717, 1.165) is 10.2 Å². The maximum atomic E-state index is 12.2. The highest BCUT2D eigenvalue weighted by atomic mass is 32.2. The second kappa shape index (κ2) is 8.51. The first-order valence-electron chi connectivity index (χ1n) is 8.20. The predicted octanol–water partition coefficient (Wildman–Crippen LogP) is 4.53. The number of para-hydroxylation sites is 1. The van der Waals surface area contributed by atoms with Gasteiger partial charge in [0.25, 0.3) is 5.69 Å². The first-order chi connectivity index (χ1) is 14.1. The van der Waals surface area contributed by atoms with Gasteiger partial charge in [0.2, 0.25) is 11.0 Å². The van der Waals surface area contributed by atoms with Gasteiger partial charge in [0.1, 0.15) is 0 Å². The van der Waals surface area contributed by atoms with Crippen LogP contribution in [-0.4, -0.2) is 31.8 Å². The second-order valence-corrected chi connectivity index (χ2v) is 8.86. The quantitative estimate of drug-likeness (QED) is 0.242. The predicted molar refractivity (Wildman–Crippen MR) is 115 cm³/mol. The van der Waals surface area contributed by atoms with Crippen LogP contribution < -0.4 is 10.6 Å². The highest BCUT2D eigenvalue weighted by molar-refractivity contribution is 8.01. The normalized spacial score (nSPS) is 10.8. The molecule has 0 saturated heterocycles. The van der Waals surface area contributed by atoms with Crippen molar-refractivity contribution in [3.63, 3.8) is 0 Å². The summed E-state index contributed by atoms with van der Waals surface area (Å²) in [6, 6.07) is 13.7. The summed E-state index contributed by atoms with van der Waals surface area (Å²) in [5, 5.41) is 25.7. The van der Waals surface area contributed by atoms with Gasteiger partial charge in [0, 0.05) is 17.8 Å². The lowest BCUT2D eigenvalue weighted by Crippen LogP contribution is -2.13. The van der Waals surface area contributed by atoms with E-state index in [1.54, 1.807) is 12.1 Å². The van der Waals surface area contributed by atoms with Crippen LogP contribution in [0.1, 0.15) is 0 Å². The maximum Gasteiger partial charge on any atom is 0.269 e. The Kier molecular flexibility index (Phi) is 5.64. The number of thioether (sulfide) groups is 1. The van der Waals surface area contributed by atoms with Crippen molar-refractivity contribution in [2.24, 2.45) is 0 Å². The Balaban J connectivity index is 1.30. The molecule has 29 heavy (non-hydrogen) atoms. The number of hydrogen-bond acceptors (Lipinski definition) is 10. The van der Waals surface area contributed by atoms with Crippen LogP contribution in [0.15, 0.2) is 52.9 Å². The van der Waals surface area contributed by atoms with Crippen molar-refractivity contribution in [2.75, 3.05) is 16.4 Å². The first kappa shape index (κ1) is 19.2. The average molecular weight is 445 g/mol. The van der Waals surface area contributed by atoms with E-state index < -0.39 is 4.92 Å². The van der Waals surface area contributed by atoms with Crippen molar-refractivity contribution >= 4 is 72.2 Å². The molecule has 12 heteroatoms. The number of carbonyl (C=O) groups excluding carboxylic acids is 1. The molecular formula is C17H12N6O3S3. The largest absolute Gasteiger partial charge is 0.330 e. The number of anilines is 3. The number of aromatic nitrogens is 3. The smallest absolute Gasteiger partial charge is 0.269 e. The minimum absolute atomic E-state index is 0.0168. The molecule has 4 rings (SSSR count). The number of benzene rings is 2. The van der Waals surface area contributed by atoms with E-state index in [9.17, 15) is 14.9 Å². The third kappa shape index (κ3) is 4.85. The molecule has 4 aromatic rings. The fourth-order valence-electron chi connectivity index (χ4n) is 2.32. The number of fused-ring (bicyclic) bond motifs is 1. The Morgan fingerprint density at radius 2 is 1.86 bits per heavy atom. The Labute approximate surface area is 176 Å². The standard InChI is InChI=1S/C17H12N6O3S3/c24-14(20-15-19-12-3-1-2-4-13(12)28-15)9-27-17-22-21-16(29-17)18-10-5-7-11(8-6-10)23(25)26/h1-8H,9H2,(H,18,21)(H,19,20,24). The van der Waals surface area contributed by atoms with E-state index in [0.29, 0.717) is 20.3 Å². The van der Waals surface area contributed by atoms with Gasteiger partial charge in [-0.3, -0.25) is 14.9 Å². The highest BCUT2D eigenvalue weighted by Crippen LogP contribution is 2.29. The molecule has 0 unspecified atom stereocenters. The molecule has 0 bridgehead atoms. The summed E-state index contributed by atoms with van der Waals surface area (Å²) in [7, 11) is 0. The van der Waals surface area contributed by atoms with Gasteiger partial charge in [0.15, 0.2) is 9.47 Å². The van der Waals surface area contributed by atoms with Gasteiger partial charge in [-0.15, -0.1) is 10.2 Å². The first-order valence-corrected chi connectivity index (χ1v) is 10.8. The molecule has 2 N–H and O–H groups in total. The van der Waals surface area contributed by atoms with Gasteiger partial charge in [0.05, 0.1) is 20.9 Å². The molecule has 2 heterocycles. The number of carbonyl (C=O) groups is 1. The molecule has 0 atom stereocenters. The SMILES string of the molecule is O=C(CSc1nnc(Nc2ccc([N+](=O)[O-])cc2)s1)Nc1nc2ccccc2s1. The monoisotopic (exact) mass is 444 g/mol. The van der Waals surface area contributed by atoms with E-state index in [1.165, 1.54) is 46.6 Å². The van der Waals surface area contributed by atoms with Gasteiger partial charge in [-0.1, -0.05) is 46.6 Å². The minimum Gasteiger partial charge on any atom is -0.330 e. The van der Waals surface area contributed by atoms with E-state index in [4.69, 9.17) is 0 Å². The number of nitrogens with one attached hydrogen (secondary N) is 2. The molecule has 0 radical (unpaired) electrons. The third-order valence-electron chi connectivity index (χ3n) is 3.60. The summed E-state index contributed by atoms with van der Waals surface area (Å²) in [6.45, 7) is 0. The molecule has 0 fully saturated rings. The summed E-state index contributed by atoms with van der Waals surface area (Å²) in [5.74, 6) is 0.0105. The second-order valence-electron chi connectivity index (χ2n) is 5.63. The number of nitrogens with zero attached hydrogens (tertiary/aromatic N) is 4. The maximum absolute atomic E-state index is 12.2. The summed E-state index contributed by atoms with van der Waals surface area (Å²) < 4.78 is 1.65. The number of nitro benzene ring substituents is 1. The van der Waals surface area contributed by atoms with Crippen molar-refractivity contribution in [1.82, 2.24) is 15.2 Å². The highest BCUT2D eigenvalue weighted by Gasteiger charge is 2.11. The van der Waals surface area contributed by atoms with Crippen LogP contribution in [-0.2, 0) is 4.79 Å². The molecule has 0 aliphatic heterocycles. The third-order valence-corrected chi connectivity index (χ3v) is 6.53. The van der Waals surface area contributed by atoms with Gasteiger partial charge >= 0.3 is 0 Å². The molecule has 0 saturated carbocycles. The molecule has 2 aromatic heterocycles. The summed E-state index contributed by atoms with van der Waals surface area (Å²) in [5.41, 5.74) is 1.53. The number of rotatable bonds is 7. The van der Waals surface area contributed by atoms with Crippen LogP contribution in [0.5, 0.6) is 0 Å². The lowest BCUT2D eigenvalue weighted by atomic mass is 10.3. The minimum atomic E-state index is -0.456. The Morgan fingerprint density at radius 1 is 1.07 bits per heavy atom. The molecular weight excluding hydrogens is 432 g/mol. The van der Waals surface area contributed by atoms with Crippen LogP contribution in [0.3, 0.4) is 0 Å². The van der Waals surface area contributed by atoms with Crippen LogP contribution in [0.4, 0.5) is 21.6 Å². The molecule has 9 nitrogen and oxygen atoms in total. The number of nitro groups is 1. The van der Waals surface area contributed by atoms with Crippen LogP contribution in [0.2, 0.25) is 0 Å². The lowest BCUT2D eigenvalue weighted by Gasteiger charge is -2.00. The number of amides is 1. The number of non-ortho nitro benzene ring substituents is 1. The zero-order valence-corrected chi connectivity index (χ0v) is 17.0. The fraction of sp³-hybridized carbons (Fsp3) is 0.0588.